The third kappa shape index (κ3) is 4.89. The minimum atomic E-state index is -0.795. The first-order valence-electron chi connectivity index (χ1n) is 10.4. The Kier molecular flexibility index (Phi) is 8.11. The highest BCUT2D eigenvalue weighted by molar-refractivity contribution is 6.20. The van der Waals surface area contributed by atoms with Gasteiger partial charge in [0.25, 0.3) is 0 Å². The van der Waals surface area contributed by atoms with Gasteiger partial charge in [0.1, 0.15) is 5.69 Å². The van der Waals surface area contributed by atoms with Crippen molar-refractivity contribution >= 4 is 29.3 Å². The number of ketones is 1. The maximum Gasteiger partial charge on any atom is 0.354 e. The quantitative estimate of drug-likeness (QED) is 0.334. The van der Waals surface area contributed by atoms with Gasteiger partial charge in [-0.2, -0.15) is 0 Å². The van der Waals surface area contributed by atoms with Crippen LogP contribution in [0.2, 0.25) is 0 Å². The largest absolute Gasteiger partial charge is 0.464 e. The van der Waals surface area contributed by atoms with Crippen molar-refractivity contribution in [2.45, 2.75) is 60.1 Å². The average molecular weight is 441 g/mol. The fraction of sp³-hybridized carbons (Fsp3) is 0.682. The number of methoxy groups -OCH3 is 1. The molecule has 1 aromatic heterocycles. The van der Waals surface area contributed by atoms with Crippen LogP contribution in [0.3, 0.4) is 0 Å². The summed E-state index contributed by atoms with van der Waals surface area (Å²) in [6, 6.07) is 0. The lowest BCUT2D eigenvalue weighted by Gasteiger charge is -2.32. The molecule has 30 heavy (non-hydrogen) atoms. The number of aromatic nitrogens is 1. The molecule has 0 bridgehead atoms. The summed E-state index contributed by atoms with van der Waals surface area (Å²) in [7, 11) is 1.32. The van der Waals surface area contributed by atoms with Gasteiger partial charge in [-0.1, -0.05) is 0 Å². The molecule has 2 rings (SSSR count). The van der Waals surface area contributed by atoms with E-state index in [1.807, 2.05) is 13.8 Å². The zero-order valence-electron chi connectivity index (χ0n) is 18.8. The number of alkyl halides is 1. The van der Waals surface area contributed by atoms with E-state index in [2.05, 4.69) is 0 Å². The Morgan fingerprint density at radius 3 is 2.47 bits per heavy atom. The number of ether oxygens (including phenoxy) is 2. The molecule has 1 amide bonds. The molecule has 1 atom stereocenters. The third-order valence-corrected chi connectivity index (χ3v) is 6.39. The highest BCUT2D eigenvalue weighted by Gasteiger charge is 2.35. The van der Waals surface area contributed by atoms with E-state index in [1.54, 1.807) is 30.2 Å². The number of carbonyl (C=O) groups excluding carboxylic acids is 3. The lowest BCUT2D eigenvalue weighted by Crippen LogP contribution is -2.47. The summed E-state index contributed by atoms with van der Waals surface area (Å²) in [5, 5.41) is 0. The molecule has 0 aromatic carbocycles. The van der Waals surface area contributed by atoms with E-state index in [0.717, 1.165) is 12.8 Å². The first-order chi connectivity index (χ1) is 14.1. The summed E-state index contributed by atoms with van der Waals surface area (Å²) < 4.78 is 12.4. The first kappa shape index (κ1) is 24.4. The topological polar surface area (TPSA) is 77.8 Å². The van der Waals surface area contributed by atoms with Gasteiger partial charge in [-0.3, -0.25) is 9.59 Å². The molecule has 2 heterocycles. The predicted molar refractivity (Wildman–Crippen MR) is 115 cm³/mol. The molecule has 1 aliphatic heterocycles. The Balaban J connectivity index is 2.38. The van der Waals surface area contributed by atoms with Crippen molar-refractivity contribution in [3.63, 3.8) is 0 Å². The standard InChI is InChI=1S/C22H33ClN2O5/c1-7-25-15(3)18(14(2)19(25)20(27)29-6)17(26)12-24(11-16-9-8-10-30-16)21(28)22(4,5)13-23/h16H,7-13H2,1-6H3. The molecule has 0 aliphatic carbocycles. The number of nitrogens with zero attached hydrogens (tertiary/aromatic N) is 2. The number of halogens is 1. The van der Waals surface area contributed by atoms with E-state index in [0.29, 0.717) is 42.2 Å². The van der Waals surface area contributed by atoms with Crippen LogP contribution in [0, 0.1) is 19.3 Å². The first-order valence-corrected chi connectivity index (χ1v) is 10.9. The lowest BCUT2D eigenvalue weighted by atomic mass is 9.93. The minimum absolute atomic E-state index is 0.0825. The number of hydrogen-bond donors (Lipinski definition) is 0. The van der Waals surface area contributed by atoms with Gasteiger partial charge in [-0.25, -0.2) is 4.79 Å². The molecule has 1 aliphatic rings. The average Bonchev–Trinajstić information content (AvgIpc) is 3.31. The van der Waals surface area contributed by atoms with Gasteiger partial charge in [-0.15, -0.1) is 11.6 Å². The normalized spacial score (nSPS) is 16.6. The highest BCUT2D eigenvalue weighted by atomic mass is 35.5. The van der Waals surface area contributed by atoms with Crippen LogP contribution in [-0.2, 0) is 20.8 Å². The van der Waals surface area contributed by atoms with Crippen molar-refractivity contribution in [3.8, 4) is 0 Å². The summed E-state index contributed by atoms with van der Waals surface area (Å²) in [6.45, 7) is 10.5. The van der Waals surface area contributed by atoms with Gasteiger partial charge in [0.15, 0.2) is 5.78 Å². The Bertz CT molecular complexity index is 809. The van der Waals surface area contributed by atoms with Crippen LogP contribution >= 0.6 is 11.6 Å². The monoisotopic (exact) mass is 440 g/mol. The summed E-state index contributed by atoms with van der Waals surface area (Å²) in [6.07, 6.45) is 1.72. The fourth-order valence-electron chi connectivity index (χ4n) is 4.05. The molecular formula is C22H33ClN2O5. The van der Waals surface area contributed by atoms with Crippen molar-refractivity contribution in [3.05, 3.63) is 22.5 Å². The Labute approximate surface area is 183 Å². The molecule has 8 heteroatoms. The molecule has 1 aromatic rings. The lowest BCUT2D eigenvalue weighted by molar-refractivity contribution is -0.140. The number of esters is 1. The maximum absolute atomic E-state index is 13.3. The summed E-state index contributed by atoms with van der Waals surface area (Å²) >= 11 is 6.03. The maximum atomic E-state index is 13.3. The van der Waals surface area contributed by atoms with E-state index in [-0.39, 0.29) is 30.2 Å². The van der Waals surface area contributed by atoms with Gasteiger partial charge < -0.3 is 18.9 Å². The van der Waals surface area contributed by atoms with Crippen LogP contribution < -0.4 is 0 Å². The Morgan fingerprint density at radius 2 is 1.97 bits per heavy atom. The van der Waals surface area contributed by atoms with Crippen LogP contribution in [0.4, 0.5) is 0 Å². The van der Waals surface area contributed by atoms with Crippen LogP contribution in [-0.4, -0.2) is 65.9 Å². The summed E-state index contributed by atoms with van der Waals surface area (Å²) in [5.74, 6) is -0.718. The zero-order valence-corrected chi connectivity index (χ0v) is 19.6. The van der Waals surface area contributed by atoms with E-state index in [1.165, 1.54) is 7.11 Å². The second kappa shape index (κ2) is 9.96. The van der Waals surface area contributed by atoms with Crippen molar-refractivity contribution in [1.29, 1.82) is 0 Å². The molecular weight excluding hydrogens is 408 g/mol. The second-order valence-electron chi connectivity index (χ2n) is 8.43. The predicted octanol–water partition coefficient (Wildman–Crippen LogP) is 3.37. The van der Waals surface area contributed by atoms with Crippen molar-refractivity contribution in [2.24, 2.45) is 5.41 Å². The number of hydrogen-bond acceptors (Lipinski definition) is 5. The van der Waals surface area contributed by atoms with Crippen LogP contribution in [0.15, 0.2) is 0 Å². The van der Waals surface area contributed by atoms with Crippen molar-refractivity contribution < 1.29 is 23.9 Å². The van der Waals surface area contributed by atoms with Gasteiger partial charge in [0.05, 0.1) is 25.2 Å². The third-order valence-electron chi connectivity index (χ3n) is 5.72. The number of rotatable bonds is 9. The molecule has 1 saturated heterocycles. The number of Topliss-reactive ketones (excluding diaryl/α,β-unsaturated/α-hetero) is 1. The second-order valence-corrected chi connectivity index (χ2v) is 8.70. The summed E-state index contributed by atoms with van der Waals surface area (Å²) in [5.41, 5.74) is 1.32. The smallest absolute Gasteiger partial charge is 0.354 e. The van der Waals surface area contributed by atoms with E-state index < -0.39 is 11.4 Å². The van der Waals surface area contributed by atoms with Gasteiger partial charge in [-0.05, 0) is 53.0 Å². The Hall–Kier alpha value is -1.86. The van der Waals surface area contributed by atoms with Gasteiger partial charge >= 0.3 is 5.97 Å². The molecule has 7 nitrogen and oxygen atoms in total. The molecule has 1 unspecified atom stereocenters. The van der Waals surface area contributed by atoms with Gasteiger partial charge in [0.2, 0.25) is 5.91 Å². The van der Waals surface area contributed by atoms with Crippen molar-refractivity contribution in [2.75, 3.05) is 32.7 Å². The van der Waals surface area contributed by atoms with E-state index >= 15 is 0 Å². The SMILES string of the molecule is CCn1c(C)c(C(=O)CN(CC2CCCO2)C(=O)C(C)(C)CCl)c(C)c1C(=O)OC. The number of amides is 1. The molecule has 168 valence electrons. The molecule has 1 fully saturated rings. The van der Waals surface area contributed by atoms with Crippen LogP contribution in [0.25, 0.3) is 0 Å². The molecule has 0 N–H and O–H groups in total. The summed E-state index contributed by atoms with van der Waals surface area (Å²) in [4.78, 5) is 40.3. The molecule has 0 radical (unpaired) electrons. The number of carbonyl (C=O) groups is 3. The molecule has 0 saturated carbocycles. The zero-order chi connectivity index (χ0) is 22.6. The Morgan fingerprint density at radius 1 is 1.30 bits per heavy atom. The van der Waals surface area contributed by atoms with E-state index in [4.69, 9.17) is 21.1 Å². The fourth-order valence-corrected chi connectivity index (χ4v) is 4.17. The van der Waals surface area contributed by atoms with Gasteiger partial charge in [0, 0.05) is 36.8 Å². The van der Waals surface area contributed by atoms with Crippen LogP contribution in [0.5, 0.6) is 0 Å². The van der Waals surface area contributed by atoms with Crippen molar-refractivity contribution in [1.82, 2.24) is 9.47 Å². The highest BCUT2D eigenvalue weighted by Crippen LogP contribution is 2.26. The van der Waals surface area contributed by atoms with Crippen LogP contribution in [0.1, 0.15) is 65.7 Å². The van der Waals surface area contributed by atoms with E-state index in [9.17, 15) is 14.4 Å². The molecule has 0 spiro atoms. The minimum Gasteiger partial charge on any atom is -0.464 e.